The third-order valence-electron chi connectivity index (χ3n) is 6.09. The SMILES string of the molecule is COc1ccc2c(c1OC)OC1(CCN(c3nc4ccccc4nc3Cl)CC1)CC2=O. The monoisotopic (exact) mass is 439 g/mol. The minimum absolute atomic E-state index is 0.0548. The molecule has 5 rings (SSSR count). The number of ketones is 1. The molecule has 1 aromatic heterocycles. The molecule has 2 aliphatic heterocycles. The summed E-state index contributed by atoms with van der Waals surface area (Å²) in [5.41, 5.74) is 1.52. The van der Waals surface area contributed by atoms with E-state index in [2.05, 4.69) is 9.88 Å². The average Bonchev–Trinajstić information content (AvgIpc) is 2.78. The van der Waals surface area contributed by atoms with Gasteiger partial charge in [-0.1, -0.05) is 23.7 Å². The molecule has 0 saturated carbocycles. The van der Waals surface area contributed by atoms with Crippen molar-refractivity contribution in [3.63, 3.8) is 0 Å². The topological polar surface area (TPSA) is 73.8 Å². The van der Waals surface area contributed by atoms with Crippen LogP contribution in [0, 0.1) is 0 Å². The number of halogens is 1. The van der Waals surface area contributed by atoms with Crippen molar-refractivity contribution >= 4 is 34.2 Å². The van der Waals surface area contributed by atoms with Crippen LogP contribution in [0.4, 0.5) is 5.82 Å². The molecule has 2 aliphatic rings. The Balaban J connectivity index is 1.42. The summed E-state index contributed by atoms with van der Waals surface area (Å²) in [7, 11) is 3.12. The van der Waals surface area contributed by atoms with E-state index in [1.165, 1.54) is 0 Å². The number of carbonyl (C=O) groups excluding carboxylic acids is 1. The van der Waals surface area contributed by atoms with E-state index < -0.39 is 5.60 Å². The number of para-hydroxylation sites is 2. The zero-order chi connectivity index (χ0) is 21.6. The van der Waals surface area contributed by atoms with Crippen LogP contribution in [0.25, 0.3) is 11.0 Å². The van der Waals surface area contributed by atoms with Crippen LogP contribution in [-0.2, 0) is 0 Å². The Morgan fingerprint density at radius 2 is 1.74 bits per heavy atom. The summed E-state index contributed by atoms with van der Waals surface area (Å²) in [5, 5.41) is 0.382. The summed E-state index contributed by atoms with van der Waals surface area (Å²) >= 11 is 6.45. The molecule has 3 aromatic rings. The Bertz CT molecular complexity index is 1170. The van der Waals surface area contributed by atoms with Crippen LogP contribution in [-0.4, -0.2) is 48.7 Å². The van der Waals surface area contributed by atoms with E-state index in [9.17, 15) is 4.79 Å². The minimum atomic E-state index is -0.586. The fraction of sp³-hybridized carbons (Fsp3) is 0.348. The number of anilines is 1. The quantitative estimate of drug-likeness (QED) is 0.602. The van der Waals surface area contributed by atoms with Crippen LogP contribution in [0.15, 0.2) is 36.4 Å². The van der Waals surface area contributed by atoms with Gasteiger partial charge in [-0.05, 0) is 24.3 Å². The first-order chi connectivity index (χ1) is 15.0. The third-order valence-corrected chi connectivity index (χ3v) is 6.34. The molecular weight excluding hydrogens is 418 g/mol. The van der Waals surface area contributed by atoms with Gasteiger partial charge in [0, 0.05) is 25.9 Å². The summed E-state index contributed by atoms with van der Waals surface area (Å²) in [6.07, 6.45) is 1.65. The van der Waals surface area contributed by atoms with E-state index in [1.807, 2.05) is 24.3 Å². The molecule has 0 radical (unpaired) electrons. The normalized spacial score (nSPS) is 17.4. The van der Waals surface area contributed by atoms with Crippen molar-refractivity contribution in [2.24, 2.45) is 0 Å². The highest BCUT2D eigenvalue weighted by Gasteiger charge is 2.45. The second-order valence-corrected chi connectivity index (χ2v) is 8.23. The highest BCUT2D eigenvalue weighted by atomic mass is 35.5. The lowest BCUT2D eigenvalue weighted by Gasteiger charge is -2.44. The molecule has 160 valence electrons. The van der Waals surface area contributed by atoms with Gasteiger partial charge in [0.05, 0.1) is 37.2 Å². The molecule has 0 bridgehead atoms. The smallest absolute Gasteiger partial charge is 0.204 e. The highest BCUT2D eigenvalue weighted by molar-refractivity contribution is 6.32. The fourth-order valence-corrected chi connectivity index (χ4v) is 4.69. The standard InChI is InChI=1S/C23H22ClN3O4/c1-29-18-8-7-14-17(28)13-23(31-19(14)20(18)30-2)9-11-27(12-10-23)22-21(24)25-15-5-3-4-6-16(15)26-22/h3-8H,9-13H2,1-2H3. The van der Waals surface area contributed by atoms with Gasteiger partial charge in [0.25, 0.3) is 0 Å². The van der Waals surface area contributed by atoms with E-state index >= 15 is 0 Å². The first-order valence-corrected chi connectivity index (χ1v) is 10.6. The molecule has 3 heterocycles. The number of fused-ring (bicyclic) bond motifs is 2. The summed E-state index contributed by atoms with van der Waals surface area (Å²) in [6, 6.07) is 11.1. The van der Waals surface area contributed by atoms with Crippen molar-refractivity contribution in [3.8, 4) is 17.2 Å². The predicted octanol–water partition coefficient (Wildman–Crippen LogP) is 4.30. The van der Waals surface area contributed by atoms with Gasteiger partial charge in [0.2, 0.25) is 5.75 Å². The first kappa shape index (κ1) is 19.9. The van der Waals surface area contributed by atoms with Crippen LogP contribution in [0.5, 0.6) is 17.2 Å². The molecule has 0 amide bonds. The maximum atomic E-state index is 12.9. The average molecular weight is 440 g/mol. The highest BCUT2D eigenvalue weighted by Crippen LogP contribution is 2.48. The number of hydrogen-bond donors (Lipinski definition) is 0. The number of ether oxygens (including phenoxy) is 3. The molecule has 2 aromatic carbocycles. The van der Waals surface area contributed by atoms with Crippen molar-refractivity contribution in [1.29, 1.82) is 0 Å². The van der Waals surface area contributed by atoms with Crippen LogP contribution in [0.2, 0.25) is 5.15 Å². The summed E-state index contributed by atoms with van der Waals surface area (Å²) < 4.78 is 17.4. The van der Waals surface area contributed by atoms with Gasteiger partial charge in [-0.25, -0.2) is 9.97 Å². The van der Waals surface area contributed by atoms with Crippen LogP contribution in [0.3, 0.4) is 0 Å². The van der Waals surface area contributed by atoms with Gasteiger partial charge >= 0.3 is 0 Å². The number of piperidine rings is 1. The van der Waals surface area contributed by atoms with Crippen molar-refractivity contribution < 1.29 is 19.0 Å². The Kier molecular flexibility index (Phi) is 4.85. The van der Waals surface area contributed by atoms with Crippen molar-refractivity contribution in [2.45, 2.75) is 24.9 Å². The third kappa shape index (κ3) is 3.33. The van der Waals surface area contributed by atoms with Gasteiger partial charge in [-0.2, -0.15) is 0 Å². The van der Waals surface area contributed by atoms with E-state index in [0.717, 1.165) is 11.0 Å². The molecule has 8 heteroatoms. The van der Waals surface area contributed by atoms with E-state index in [0.29, 0.717) is 66.1 Å². The van der Waals surface area contributed by atoms with Gasteiger partial charge in [-0.15, -0.1) is 0 Å². The number of nitrogens with zero attached hydrogens (tertiary/aromatic N) is 3. The lowest BCUT2D eigenvalue weighted by Crippen LogP contribution is -2.51. The summed E-state index contributed by atoms with van der Waals surface area (Å²) in [4.78, 5) is 24.3. The van der Waals surface area contributed by atoms with Crippen LogP contribution >= 0.6 is 11.6 Å². The van der Waals surface area contributed by atoms with Gasteiger partial charge < -0.3 is 19.1 Å². The second kappa shape index (κ2) is 7.57. The van der Waals surface area contributed by atoms with Crippen LogP contribution in [0.1, 0.15) is 29.6 Å². The minimum Gasteiger partial charge on any atom is -0.493 e. The number of benzene rings is 2. The molecule has 31 heavy (non-hydrogen) atoms. The Morgan fingerprint density at radius 3 is 2.42 bits per heavy atom. The van der Waals surface area contributed by atoms with Crippen molar-refractivity contribution in [2.75, 3.05) is 32.2 Å². The van der Waals surface area contributed by atoms with Crippen LogP contribution < -0.4 is 19.1 Å². The molecule has 1 spiro atoms. The van der Waals surface area contributed by atoms with Crippen molar-refractivity contribution in [1.82, 2.24) is 9.97 Å². The molecule has 0 atom stereocenters. The zero-order valence-electron chi connectivity index (χ0n) is 17.4. The van der Waals surface area contributed by atoms with Gasteiger partial charge in [0.15, 0.2) is 28.3 Å². The maximum absolute atomic E-state index is 12.9. The van der Waals surface area contributed by atoms with E-state index in [4.69, 9.17) is 30.8 Å². The lowest BCUT2D eigenvalue weighted by molar-refractivity contribution is 0.0207. The second-order valence-electron chi connectivity index (χ2n) is 7.88. The Hall–Kier alpha value is -3.06. The van der Waals surface area contributed by atoms with Crippen molar-refractivity contribution in [3.05, 3.63) is 47.1 Å². The molecule has 0 unspecified atom stereocenters. The van der Waals surface area contributed by atoms with Gasteiger partial charge in [0.1, 0.15) is 5.60 Å². The molecular formula is C23H22ClN3O4. The number of hydrogen-bond acceptors (Lipinski definition) is 7. The predicted molar refractivity (Wildman–Crippen MR) is 118 cm³/mol. The molecule has 1 saturated heterocycles. The summed E-state index contributed by atoms with van der Waals surface area (Å²) in [5.74, 6) is 2.19. The number of rotatable bonds is 3. The number of aromatic nitrogens is 2. The number of Topliss-reactive ketones (excluding diaryl/α,β-unsaturated/α-hetero) is 1. The largest absolute Gasteiger partial charge is 0.493 e. The number of carbonyl (C=O) groups is 1. The zero-order valence-corrected chi connectivity index (χ0v) is 18.1. The summed E-state index contributed by atoms with van der Waals surface area (Å²) in [6.45, 7) is 1.31. The maximum Gasteiger partial charge on any atom is 0.204 e. The molecule has 7 nitrogen and oxygen atoms in total. The molecule has 0 N–H and O–H groups in total. The Morgan fingerprint density at radius 1 is 1.03 bits per heavy atom. The fourth-order valence-electron chi connectivity index (χ4n) is 4.44. The lowest BCUT2D eigenvalue weighted by atomic mass is 9.82. The van der Waals surface area contributed by atoms with E-state index in [-0.39, 0.29) is 5.78 Å². The number of methoxy groups -OCH3 is 2. The first-order valence-electron chi connectivity index (χ1n) is 10.2. The Labute approximate surface area is 184 Å². The van der Waals surface area contributed by atoms with E-state index in [1.54, 1.807) is 26.4 Å². The molecule has 0 aliphatic carbocycles. The molecule has 1 fully saturated rings. The van der Waals surface area contributed by atoms with Gasteiger partial charge in [-0.3, -0.25) is 4.79 Å².